The summed E-state index contributed by atoms with van der Waals surface area (Å²) in [6, 6.07) is 5.95. The van der Waals surface area contributed by atoms with Gasteiger partial charge < -0.3 is 20.1 Å². The normalized spacial score (nSPS) is 22.3. The maximum absolute atomic E-state index is 11.9. The molecule has 2 heterocycles. The van der Waals surface area contributed by atoms with Gasteiger partial charge in [0.25, 0.3) is 0 Å². The van der Waals surface area contributed by atoms with Gasteiger partial charge in [0.1, 0.15) is 6.10 Å². The predicted octanol–water partition coefficient (Wildman–Crippen LogP) is 1.98. The number of nitrogens with zero attached hydrogens (tertiary/aromatic N) is 2. The summed E-state index contributed by atoms with van der Waals surface area (Å²) in [5.74, 6) is 0.352. The van der Waals surface area contributed by atoms with Crippen molar-refractivity contribution in [2.24, 2.45) is 5.14 Å². The Labute approximate surface area is 174 Å². The maximum atomic E-state index is 11.9. The van der Waals surface area contributed by atoms with Gasteiger partial charge in [-0.05, 0) is 44.0 Å². The van der Waals surface area contributed by atoms with Gasteiger partial charge in [-0.15, -0.1) is 0 Å². The number of aromatic nitrogens is 2. The first-order valence-electron chi connectivity index (χ1n) is 9.52. The molecule has 0 unspecified atom stereocenters. The number of carbonyl (C=O) groups excluding carboxylic acids is 1. The highest BCUT2D eigenvalue weighted by Crippen LogP contribution is 2.35. The van der Waals surface area contributed by atoms with E-state index in [1.165, 1.54) is 12.1 Å². The van der Waals surface area contributed by atoms with Crippen LogP contribution in [0.4, 0.5) is 16.4 Å². The van der Waals surface area contributed by atoms with E-state index in [1.807, 2.05) is 6.92 Å². The number of ether oxygens (including phenoxy) is 2. The topological polar surface area (TPSA) is 146 Å². The number of rotatable bonds is 6. The molecular weight excluding hydrogens is 410 g/mol. The van der Waals surface area contributed by atoms with Crippen LogP contribution >= 0.6 is 0 Å². The number of alkyl carbamates (subject to hydrolysis) is 1. The number of nitrogens with one attached hydrogen (secondary N) is 2. The molecule has 1 aromatic carbocycles. The number of primary sulfonamides is 1. The van der Waals surface area contributed by atoms with Crippen molar-refractivity contribution in [3.05, 3.63) is 42.2 Å². The molecule has 1 aliphatic carbocycles. The second-order valence-corrected chi connectivity index (χ2v) is 9.37. The fourth-order valence-electron chi connectivity index (χ4n) is 3.08. The Morgan fingerprint density at radius 2 is 1.90 bits per heavy atom. The summed E-state index contributed by atoms with van der Waals surface area (Å²) in [7, 11) is -3.73. The van der Waals surface area contributed by atoms with E-state index < -0.39 is 16.1 Å². The van der Waals surface area contributed by atoms with Crippen molar-refractivity contribution in [2.75, 3.05) is 11.9 Å². The summed E-state index contributed by atoms with van der Waals surface area (Å²) in [6.07, 6.45) is 4.80. The molecule has 1 aromatic heterocycles. The van der Waals surface area contributed by atoms with E-state index in [0.717, 1.165) is 18.4 Å². The molecule has 1 saturated heterocycles. The Bertz CT molecular complexity index is 1020. The van der Waals surface area contributed by atoms with Crippen LogP contribution in [-0.2, 0) is 19.5 Å². The van der Waals surface area contributed by atoms with Gasteiger partial charge in [0, 0.05) is 35.6 Å². The molecule has 11 heteroatoms. The van der Waals surface area contributed by atoms with E-state index >= 15 is 0 Å². The first-order valence-corrected chi connectivity index (χ1v) is 11.1. The molecule has 4 rings (SSSR count). The number of nitrogens with two attached hydrogens (primary N) is 1. The summed E-state index contributed by atoms with van der Waals surface area (Å²) in [6.45, 7) is 2.31. The summed E-state index contributed by atoms with van der Waals surface area (Å²) in [5, 5.41) is 10.9. The van der Waals surface area contributed by atoms with Gasteiger partial charge in [0.05, 0.1) is 17.6 Å². The van der Waals surface area contributed by atoms with E-state index in [4.69, 9.17) is 14.6 Å². The fourth-order valence-corrected chi connectivity index (χ4v) is 3.59. The second-order valence-electron chi connectivity index (χ2n) is 7.81. The van der Waals surface area contributed by atoms with E-state index in [2.05, 4.69) is 20.6 Å². The smallest absolute Gasteiger partial charge is 0.407 e. The number of sulfonamides is 1. The molecule has 4 N–H and O–H groups in total. The third-order valence-corrected chi connectivity index (χ3v) is 6.05. The largest absolute Gasteiger partial charge is 0.444 e. The Balaban J connectivity index is 1.31. The molecular formula is C19H23N5O5S. The monoisotopic (exact) mass is 433 g/mol. The minimum Gasteiger partial charge on any atom is -0.444 e. The van der Waals surface area contributed by atoms with Gasteiger partial charge in [-0.3, -0.25) is 0 Å². The molecule has 1 saturated carbocycles. The molecule has 10 nitrogen and oxygen atoms in total. The predicted molar refractivity (Wildman–Crippen MR) is 107 cm³/mol. The minimum absolute atomic E-state index is 0.0272. The number of anilines is 2. The number of hydrogen-bond acceptors (Lipinski definition) is 8. The van der Waals surface area contributed by atoms with E-state index in [1.54, 1.807) is 24.5 Å². The third-order valence-electron chi connectivity index (χ3n) is 5.12. The second kappa shape index (κ2) is 7.82. The molecule has 0 radical (unpaired) electrons. The lowest BCUT2D eigenvalue weighted by atomic mass is 10.1. The van der Waals surface area contributed by atoms with E-state index in [0.29, 0.717) is 24.7 Å². The fraction of sp³-hybridized carbons (Fsp3) is 0.421. The van der Waals surface area contributed by atoms with Crippen LogP contribution in [0.1, 0.15) is 37.9 Å². The van der Waals surface area contributed by atoms with Crippen LogP contribution in [0.25, 0.3) is 0 Å². The third kappa shape index (κ3) is 5.04. The highest BCUT2D eigenvalue weighted by molar-refractivity contribution is 7.89. The summed E-state index contributed by atoms with van der Waals surface area (Å²) in [5.41, 5.74) is 1.28. The number of benzene rings is 1. The van der Waals surface area contributed by atoms with Crippen molar-refractivity contribution in [1.29, 1.82) is 0 Å². The summed E-state index contributed by atoms with van der Waals surface area (Å²) in [4.78, 5) is 20.5. The van der Waals surface area contributed by atoms with Gasteiger partial charge in [0.2, 0.25) is 16.0 Å². The zero-order valence-corrected chi connectivity index (χ0v) is 17.2. The number of carbonyl (C=O) groups is 1. The highest BCUT2D eigenvalue weighted by Gasteiger charge is 2.40. The zero-order valence-electron chi connectivity index (χ0n) is 16.4. The lowest BCUT2D eigenvalue weighted by Crippen LogP contribution is -2.37. The molecule has 160 valence electrons. The standard InChI is InChI=1S/C19H23N5O5S/c1-19(6-7-19)24-18(25)29-14-8-16(28-11-14)12-9-21-17(22-10-12)23-13-2-4-15(5-3-13)30(20,26)27/h2-5,9-10,14,16H,6-8,11H2,1H3,(H,24,25)(H2,20,26,27)(H,21,22,23)/t14-,16-/m1/s1. The van der Waals surface area contributed by atoms with Crippen LogP contribution in [0, 0.1) is 0 Å². The van der Waals surface area contributed by atoms with Crippen molar-refractivity contribution in [2.45, 2.75) is 48.8 Å². The minimum atomic E-state index is -3.73. The molecule has 0 bridgehead atoms. The maximum Gasteiger partial charge on any atom is 0.407 e. The lowest BCUT2D eigenvalue weighted by Gasteiger charge is -2.15. The van der Waals surface area contributed by atoms with Gasteiger partial charge in [-0.1, -0.05) is 0 Å². The average Bonchev–Trinajstić information content (AvgIpc) is 3.22. The van der Waals surface area contributed by atoms with Crippen molar-refractivity contribution in [1.82, 2.24) is 15.3 Å². The lowest BCUT2D eigenvalue weighted by molar-refractivity contribution is 0.0683. The summed E-state index contributed by atoms with van der Waals surface area (Å²) >= 11 is 0. The van der Waals surface area contributed by atoms with E-state index in [-0.39, 0.29) is 22.6 Å². The SMILES string of the molecule is CC1(NC(=O)O[C@H]2CO[C@@H](c3cnc(Nc4ccc(S(N)(=O)=O)cc4)nc3)C2)CC1. The van der Waals surface area contributed by atoms with Crippen LogP contribution < -0.4 is 15.8 Å². The van der Waals surface area contributed by atoms with Crippen LogP contribution in [0.5, 0.6) is 0 Å². The first-order chi connectivity index (χ1) is 14.2. The Kier molecular flexibility index (Phi) is 5.35. The molecule has 1 amide bonds. The Morgan fingerprint density at radius 3 is 2.50 bits per heavy atom. The quantitative estimate of drug-likeness (QED) is 0.627. The molecule has 1 aliphatic heterocycles. The average molecular weight is 433 g/mol. The van der Waals surface area contributed by atoms with Crippen molar-refractivity contribution in [3.8, 4) is 0 Å². The van der Waals surface area contributed by atoms with Crippen molar-refractivity contribution >= 4 is 27.8 Å². The van der Waals surface area contributed by atoms with Crippen LogP contribution in [-0.4, -0.2) is 42.7 Å². The first kappa shape index (κ1) is 20.5. The molecule has 2 aliphatic rings. The van der Waals surface area contributed by atoms with Crippen LogP contribution in [0.2, 0.25) is 0 Å². The molecule has 2 fully saturated rings. The zero-order chi connectivity index (χ0) is 21.4. The Hall–Kier alpha value is -2.76. The van der Waals surface area contributed by atoms with Gasteiger partial charge in [0.15, 0.2) is 0 Å². The molecule has 2 atom stereocenters. The molecule has 2 aromatic rings. The number of hydrogen-bond donors (Lipinski definition) is 3. The van der Waals surface area contributed by atoms with Gasteiger partial charge in [-0.25, -0.2) is 28.3 Å². The summed E-state index contributed by atoms with van der Waals surface area (Å²) < 4.78 is 33.8. The van der Waals surface area contributed by atoms with Gasteiger partial charge >= 0.3 is 6.09 Å². The van der Waals surface area contributed by atoms with Crippen LogP contribution in [0.3, 0.4) is 0 Å². The van der Waals surface area contributed by atoms with Crippen molar-refractivity contribution in [3.63, 3.8) is 0 Å². The highest BCUT2D eigenvalue weighted by atomic mass is 32.2. The van der Waals surface area contributed by atoms with Crippen LogP contribution in [0.15, 0.2) is 41.6 Å². The molecule has 0 spiro atoms. The van der Waals surface area contributed by atoms with E-state index in [9.17, 15) is 13.2 Å². The van der Waals surface area contributed by atoms with Crippen molar-refractivity contribution < 1.29 is 22.7 Å². The number of amides is 1. The Morgan fingerprint density at radius 1 is 1.23 bits per heavy atom. The molecule has 30 heavy (non-hydrogen) atoms. The van der Waals surface area contributed by atoms with Gasteiger partial charge in [-0.2, -0.15) is 0 Å².